The summed E-state index contributed by atoms with van der Waals surface area (Å²) in [5.41, 5.74) is 1.99. The number of likely N-dealkylation sites (N-methyl/N-ethyl adjacent to an activating group) is 1. The standard InChI is InChI=1S/C13H15BrN2O4/c1-16(7-11(17)18)13(19)15-6-9-5-10(14)4-8-2-3-20-12(8)9/h4-5H,2-3,6-7H2,1H3,(H,15,19)(H,17,18). The van der Waals surface area contributed by atoms with Gasteiger partial charge in [0.15, 0.2) is 0 Å². The molecular weight excluding hydrogens is 328 g/mol. The molecule has 0 fully saturated rings. The van der Waals surface area contributed by atoms with Crippen LogP contribution in [0.5, 0.6) is 5.75 Å². The van der Waals surface area contributed by atoms with Gasteiger partial charge < -0.3 is 20.1 Å². The highest BCUT2D eigenvalue weighted by Gasteiger charge is 2.18. The van der Waals surface area contributed by atoms with E-state index in [-0.39, 0.29) is 6.54 Å². The second-order valence-corrected chi connectivity index (χ2v) is 5.48. The molecule has 1 aromatic rings. The number of carbonyl (C=O) groups excluding carboxylic acids is 1. The molecule has 2 N–H and O–H groups in total. The highest BCUT2D eigenvalue weighted by Crippen LogP contribution is 2.32. The van der Waals surface area contributed by atoms with Crippen molar-refractivity contribution in [3.63, 3.8) is 0 Å². The van der Waals surface area contributed by atoms with Crippen LogP contribution in [0.4, 0.5) is 4.79 Å². The van der Waals surface area contributed by atoms with E-state index in [9.17, 15) is 9.59 Å². The molecule has 0 saturated carbocycles. The maximum absolute atomic E-state index is 11.7. The van der Waals surface area contributed by atoms with Gasteiger partial charge in [-0.3, -0.25) is 4.79 Å². The topological polar surface area (TPSA) is 78.9 Å². The maximum atomic E-state index is 11.7. The molecule has 0 bridgehead atoms. The van der Waals surface area contributed by atoms with E-state index in [1.54, 1.807) is 0 Å². The second-order valence-electron chi connectivity index (χ2n) is 4.56. The van der Waals surface area contributed by atoms with Crippen molar-refractivity contribution in [1.29, 1.82) is 0 Å². The van der Waals surface area contributed by atoms with Crippen molar-refractivity contribution in [3.05, 3.63) is 27.7 Å². The Morgan fingerprint density at radius 3 is 2.95 bits per heavy atom. The van der Waals surface area contributed by atoms with E-state index in [0.29, 0.717) is 13.2 Å². The van der Waals surface area contributed by atoms with Gasteiger partial charge in [-0.2, -0.15) is 0 Å². The van der Waals surface area contributed by atoms with Gasteiger partial charge in [0.25, 0.3) is 0 Å². The first-order valence-electron chi connectivity index (χ1n) is 6.12. The normalized spacial score (nSPS) is 12.5. The number of nitrogens with zero attached hydrogens (tertiary/aromatic N) is 1. The summed E-state index contributed by atoms with van der Waals surface area (Å²) in [6, 6.07) is 3.46. The van der Waals surface area contributed by atoms with Gasteiger partial charge in [-0.25, -0.2) is 4.79 Å². The summed E-state index contributed by atoms with van der Waals surface area (Å²) in [6.07, 6.45) is 0.856. The Balaban J connectivity index is 2.01. The minimum absolute atomic E-state index is 0.296. The van der Waals surface area contributed by atoms with E-state index in [0.717, 1.165) is 32.7 Å². The van der Waals surface area contributed by atoms with Crippen molar-refractivity contribution >= 4 is 27.9 Å². The number of aliphatic carboxylic acids is 1. The van der Waals surface area contributed by atoms with Crippen LogP contribution in [0, 0.1) is 0 Å². The van der Waals surface area contributed by atoms with Crippen LogP contribution < -0.4 is 10.1 Å². The number of benzene rings is 1. The molecule has 0 saturated heterocycles. The Morgan fingerprint density at radius 2 is 2.25 bits per heavy atom. The molecule has 0 spiro atoms. The number of hydrogen-bond acceptors (Lipinski definition) is 3. The minimum atomic E-state index is -1.05. The number of nitrogens with one attached hydrogen (secondary N) is 1. The highest BCUT2D eigenvalue weighted by molar-refractivity contribution is 9.10. The fraction of sp³-hybridized carbons (Fsp3) is 0.385. The molecule has 0 aromatic heterocycles. The number of carbonyl (C=O) groups is 2. The van der Waals surface area contributed by atoms with Crippen LogP contribution in [0.3, 0.4) is 0 Å². The van der Waals surface area contributed by atoms with E-state index in [1.165, 1.54) is 7.05 Å². The summed E-state index contributed by atoms with van der Waals surface area (Å²) < 4.78 is 6.50. The number of amides is 2. The summed E-state index contributed by atoms with van der Waals surface area (Å²) >= 11 is 3.43. The molecule has 2 amide bonds. The summed E-state index contributed by atoms with van der Waals surface area (Å²) in [5.74, 6) is -0.233. The van der Waals surface area contributed by atoms with Crippen molar-refractivity contribution < 1.29 is 19.4 Å². The molecule has 7 heteroatoms. The van der Waals surface area contributed by atoms with Crippen molar-refractivity contribution in [3.8, 4) is 5.75 Å². The number of ether oxygens (including phenoxy) is 1. The molecule has 1 aliphatic rings. The molecule has 1 aromatic carbocycles. The predicted molar refractivity (Wildman–Crippen MR) is 75.8 cm³/mol. The highest BCUT2D eigenvalue weighted by atomic mass is 79.9. The molecule has 0 atom stereocenters. The molecule has 108 valence electrons. The van der Waals surface area contributed by atoms with Crippen LogP contribution in [-0.2, 0) is 17.8 Å². The van der Waals surface area contributed by atoms with E-state index >= 15 is 0 Å². The molecule has 1 heterocycles. The Bertz CT molecular complexity index is 547. The van der Waals surface area contributed by atoms with Gasteiger partial charge in [0.05, 0.1) is 6.61 Å². The van der Waals surface area contributed by atoms with Gasteiger partial charge in [-0.05, 0) is 17.7 Å². The lowest BCUT2D eigenvalue weighted by atomic mass is 10.1. The Morgan fingerprint density at radius 1 is 1.50 bits per heavy atom. The summed E-state index contributed by atoms with van der Waals surface area (Å²) in [6.45, 7) is 0.606. The van der Waals surface area contributed by atoms with E-state index in [4.69, 9.17) is 9.84 Å². The SMILES string of the molecule is CN(CC(=O)O)C(=O)NCc1cc(Br)cc2c1OCC2. The average molecular weight is 343 g/mol. The Labute approximate surface area is 124 Å². The third-order valence-electron chi connectivity index (χ3n) is 2.97. The van der Waals surface area contributed by atoms with Crippen molar-refractivity contribution in [2.24, 2.45) is 0 Å². The van der Waals surface area contributed by atoms with E-state index in [1.807, 2.05) is 12.1 Å². The molecule has 0 radical (unpaired) electrons. The number of carboxylic acids is 1. The molecule has 6 nitrogen and oxygen atoms in total. The van der Waals surface area contributed by atoms with E-state index < -0.39 is 12.0 Å². The van der Waals surface area contributed by atoms with E-state index in [2.05, 4.69) is 21.2 Å². The van der Waals surface area contributed by atoms with Crippen molar-refractivity contribution in [2.45, 2.75) is 13.0 Å². The van der Waals surface area contributed by atoms with Crippen LogP contribution >= 0.6 is 15.9 Å². The Kier molecular flexibility index (Phi) is 4.49. The zero-order valence-corrected chi connectivity index (χ0v) is 12.6. The van der Waals surface area contributed by atoms with Crippen LogP contribution in [0.2, 0.25) is 0 Å². The largest absolute Gasteiger partial charge is 0.493 e. The number of halogens is 1. The first-order chi connectivity index (χ1) is 9.47. The maximum Gasteiger partial charge on any atom is 0.323 e. The smallest absolute Gasteiger partial charge is 0.323 e. The molecular formula is C13H15BrN2O4. The number of hydrogen-bond donors (Lipinski definition) is 2. The summed E-state index contributed by atoms with van der Waals surface area (Å²) in [4.78, 5) is 23.4. The quantitative estimate of drug-likeness (QED) is 0.871. The molecule has 0 aliphatic carbocycles. The summed E-state index contributed by atoms with van der Waals surface area (Å²) in [5, 5.41) is 11.3. The number of fused-ring (bicyclic) bond motifs is 1. The van der Waals surface area contributed by atoms with Crippen molar-refractivity contribution in [2.75, 3.05) is 20.2 Å². The molecule has 0 unspecified atom stereocenters. The second kappa shape index (κ2) is 6.13. The zero-order chi connectivity index (χ0) is 14.7. The third kappa shape index (κ3) is 3.41. The fourth-order valence-corrected chi connectivity index (χ4v) is 2.61. The number of rotatable bonds is 4. The van der Waals surface area contributed by atoms with Gasteiger partial charge >= 0.3 is 12.0 Å². The first kappa shape index (κ1) is 14.6. The predicted octanol–water partition coefficient (Wildman–Crippen LogP) is 1.61. The summed E-state index contributed by atoms with van der Waals surface area (Å²) in [7, 11) is 1.44. The van der Waals surface area contributed by atoms with Crippen LogP contribution in [-0.4, -0.2) is 42.2 Å². The fourth-order valence-electron chi connectivity index (χ4n) is 2.06. The van der Waals surface area contributed by atoms with Gasteiger partial charge in [0.1, 0.15) is 12.3 Å². The first-order valence-corrected chi connectivity index (χ1v) is 6.91. The number of urea groups is 1. The number of carboxylic acid groups (broad SMARTS) is 1. The molecule has 1 aliphatic heterocycles. The Hall–Kier alpha value is -1.76. The third-order valence-corrected chi connectivity index (χ3v) is 3.43. The molecule has 2 rings (SSSR count). The monoisotopic (exact) mass is 342 g/mol. The van der Waals surface area contributed by atoms with Crippen LogP contribution in [0.25, 0.3) is 0 Å². The van der Waals surface area contributed by atoms with Crippen molar-refractivity contribution in [1.82, 2.24) is 10.2 Å². The lowest BCUT2D eigenvalue weighted by Crippen LogP contribution is -2.39. The van der Waals surface area contributed by atoms with Gasteiger partial charge in [-0.15, -0.1) is 0 Å². The molecule has 20 heavy (non-hydrogen) atoms. The van der Waals surface area contributed by atoms with Crippen LogP contribution in [0.1, 0.15) is 11.1 Å². The van der Waals surface area contributed by atoms with Gasteiger partial charge in [0.2, 0.25) is 0 Å². The zero-order valence-electron chi connectivity index (χ0n) is 11.0. The average Bonchev–Trinajstić information content (AvgIpc) is 2.82. The van der Waals surface area contributed by atoms with Crippen LogP contribution in [0.15, 0.2) is 16.6 Å². The van der Waals surface area contributed by atoms with Gasteiger partial charge in [-0.1, -0.05) is 15.9 Å². The van der Waals surface area contributed by atoms with Gasteiger partial charge in [0, 0.05) is 30.0 Å². The lowest BCUT2D eigenvalue weighted by molar-refractivity contribution is -0.137. The lowest BCUT2D eigenvalue weighted by Gasteiger charge is -2.16. The minimum Gasteiger partial charge on any atom is -0.493 e.